The highest BCUT2D eigenvalue weighted by Gasteiger charge is 2.19. The SMILES string of the molecule is COc1cc([N+](=O)[O-])c2nc(Nc3nc4ccccc4o3)sc2c1. The molecule has 0 aliphatic rings. The standard InChI is InChI=1S/C15H10N4O4S/c1-22-8-6-10(19(20)21)13-12(7-8)24-15(17-13)18-14-16-9-4-2-3-5-11(9)23-14/h2-7H,1H3,(H,16,17,18). The summed E-state index contributed by atoms with van der Waals surface area (Å²) in [5.41, 5.74) is 1.55. The van der Waals surface area contributed by atoms with Gasteiger partial charge in [0.1, 0.15) is 11.3 Å². The summed E-state index contributed by atoms with van der Waals surface area (Å²) < 4.78 is 11.3. The Kier molecular flexibility index (Phi) is 3.28. The molecule has 0 atom stereocenters. The lowest BCUT2D eigenvalue weighted by Crippen LogP contribution is -1.92. The Labute approximate surface area is 138 Å². The molecule has 0 aliphatic carbocycles. The second-order valence-corrected chi connectivity index (χ2v) is 5.91. The summed E-state index contributed by atoms with van der Waals surface area (Å²) in [4.78, 5) is 19.3. The number of fused-ring (bicyclic) bond motifs is 2. The van der Waals surface area contributed by atoms with Crippen molar-refractivity contribution in [3.05, 3.63) is 46.5 Å². The number of rotatable bonds is 4. The highest BCUT2D eigenvalue weighted by atomic mass is 32.1. The molecular weight excluding hydrogens is 332 g/mol. The van der Waals surface area contributed by atoms with E-state index in [1.165, 1.54) is 24.5 Å². The molecule has 24 heavy (non-hydrogen) atoms. The second-order valence-electron chi connectivity index (χ2n) is 4.88. The molecule has 0 aliphatic heterocycles. The van der Waals surface area contributed by atoms with E-state index in [0.717, 1.165) is 0 Å². The van der Waals surface area contributed by atoms with E-state index < -0.39 is 4.92 Å². The lowest BCUT2D eigenvalue weighted by Gasteiger charge is -1.99. The maximum atomic E-state index is 11.2. The molecule has 0 spiro atoms. The summed E-state index contributed by atoms with van der Waals surface area (Å²) in [5.74, 6) is 0.409. The summed E-state index contributed by atoms with van der Waals surface area (Å²) >= 11 is 1.26. The van der Waals surface area contributed by atoms with E-state index in [9.17, 15) is 10.1 Å². The Morgan fingerprint density at radius 3 is 2.88 bits per heavy atom. The van der Waals surface area contributed by atoms with E-state index in [4.69, 9.17) is 9.15 Å². The number of para-hydroxylation sites is 2. The maximum Gasteiger partial charge on any atom is 0.302 e. The molecule has 0 saturated heterocycles. The van der Waals surface area contributed by atoms with Gasteiger partial charge in [-0.3, -0.25) is 15.4 Å². The number of methoxy groups -OCH3 is 1. The monoisotopic (exact) mass is 342 g/mol. The number of non-ortho nitro benzene ring substituents is 1. The normalized spacial score (nSPS) is 11.0. The van der Waals surface area contributed by atoms with Gasteiger partial charge in [-0.1, -0.05) is 23.5 Å². The molecule has 2 aromatic heterocycles. The van der Waals surface area contributed by atoms with Crippen molar-refractivity contribution >= 4 is 49.5 Å². The van der Waals surface area contributed by atoms with Crippen molar-refractivity contribution in [2.24, 2.45) is 0 Å². The predicted octanol–water partition coefficient (Wildman–Crippen LogP) is 4.10. The van der Waals surface area contributed by atoms with E-state index in [-0.39, 0.29) is 11.7 Å². The topological polar surface area (TPSA) is 103 Å². The minimum absolute atomic E-state index is 0.105. The van der Waals surface area contributed by atoms with Crippen LogP contribution in [0.15, 0.2) is 40.8 Å². The molecule has 8 nitrogen and oxygen atoms in total. The Balaban J connectivity index is 1.76. The number of oxazole rings is 1. The van der Waals surface area contributed by atoms with Gasteiger partial charge in [0, 0.05) is 6.07 Å². The van der Waals surface area contributed by atoms with Gasteiger partial charge in [-0.25, -0.2) is 4.98 Å². The number of anilines is 2. The molecule has 0 fully saturated rings. The first-order valence-corrected chi connectivity index (χ1v) is 7.71. The van der Waals surface area contributed by atoms with Crippen LogP contribution in [0.5, 0.6) is 5.75 Å². The molecule has 1 N–H and O–H groups in total. The van der Waals surface area contributed by atoms with Crippen LogP contribution in [0.2, 0.25) is 0 Å². The molecular formula is C15H10N4O4S. The van der Waals surface area contributed by atoms with E-state index in [1.807, 2.05) is 24.3 Å². The van der Waals surface area contributed by atoms with Crippen LogP contribution in [0.4, 0.5) is 16.8 Å². The highest BCUT2D eigenvalue weighted by Crippen LogP contribution is 2.37. The molecule has 0 unspecified atom stereocenters. The van der Waals surface area contributed by atoms with Gasteiger partial charge in [-0.2, -0.15) is 4.98 Å². The quantitative estimate of drug-likeness (QED) is 0.440. The van der Waals surface area contributed by atoms with Crippen molar-refractivity contribution in [3.63, 3.8) is 0 Å². The van der Waals surface area contributed by atoms with Gasteiger partial charge in [0.25, 0.3) is 5.69 Å². The van der Waals surface area contributed by atoms with Crippen molar-refractivity contribution in [2.75, 3.05) is 12.4 Å². The highest BCUT2D eigenvalue weighted by molar-refractivity contribution is 7.22. The molecule has 0 saturated carbocycles. The number of aromatic nitrogens is 2. The Morgan fingerprint density at radius 2 is 2.12 bits per heavy atom. The molecule has 0 amide bonds. The van der Waals surface area contributed by atoms with Gasteiger partial charge in [0.15, 0.2) is 16.2 Å². The minimum atomic E-state index is -0.478. The van der Waals surface area contributed by atoms with Crippen LogP contribution in [-0.4, -0.2) is 22.0 Å². The first kappa shape index (κ1) is 14.4. The Bertz CT molecular complexity index is 1040. The predicted molar refractivity (Wildman–Crippen MR) is 90.1 cm³/mol. The van der Waals surface area contributed by atoms with Gasteiger partial charge < -0.3 is 9.15 Å². The third-order valence-corrected chi connectivity index (χ3v) is 4.31. The summed E-state index contributed by atoms with van der Waals surface area (Å²) in [7, 11) is 1.46. The fourth-order valence-electron chi connectivity index (χ4n) is 2.31. The number of nitrogens with one attached hydrogen (secondary N) is 1. The average Bonchev–Trinajstić information content (AvgIpc) is 3.15. The number of nitro groups is 1. The Morgan fingerprint density at radius 1 is 1.29 bits per heavy atom. The van der Waals surface area contributed by atoms with E-state index in [2.05, 4.69) is 15.3 Å². The van der Waals surface area contributed by atoms with Gasteiger partial charge in [-0.05, 0) is 12.1 Å². The zero-order valence-corrected chi connectivity index (χ0v) is 13.2. The van der Waals surface area contributed by atoms with Gasteiger partial charge in [0.2, 0.25) is 0 Å². The number of ether oxygens (including phenoxy) is 1. The zero-order chi connectivity index (χ0) is 16.7. The molecule has 0 bridgehead atoms. The van der Waals surface area contributed by atoms with Crippen molar-refractivity contribution in [3.8, 4) is 5.75 Å². The van der Waals surface area contributed by atoms with Crippen LogP contribution in [0.3, 0.4) is 0 Å². The fourth-order valence-corrected chi connectivity index (χ4v) is 3.22. The average molecular weight is 342 g/mol. The fraction of sp³-hybridized carbons (Fsp3) is 0.0667. The first-order valence-electron chi connectivity index (χ1n) is 6.89. The first-order chi connectivity index (χ1) is 11.6. The van der Waals surface area contributed by atoms with Crippen LogP contribution in [0.1, 0.15) is 0 Å². The van der Waals surface area contributed by atoms with Crippen molar-refractivity contribution in [1.82, 2.24) is 9.97 Å². The number of hydrogen-bond acceptors (Lipinski definition) is 8. The van der Waals surface area contributed by atoms with Crippen LogP contribution in [-0.2, 0) is 0 Å². The summed E-state index contributed by atoms with van der Waals surface area (Å²) in [6, 6.07) is 10.7. The van der Waals surface area contributed by atoms with Gasteiger partial charge in [0.05, 0.1) is 22.8 Å². The van der Waals surface area contributed by atoms with E-state index >= 15 is 0 Å². The number of thiazole rings is 1. The van der Waals surface area contributed by atoms with Crippen LogP contribution in [0, 0.1) is 10.1 Å². The smallest absolute Gasteiger partial charge is 0.302 e. The summed E-state index contributed by atoms with van der Waals surface area (Å²) in [6.07, 6.45) is 0. The van der Waals surface area contributed by atoms with Crippen LogP contribution in [0.25, 0.3) is 21.3 Å². The molecule has 2 heterocycles. The largest absolute Gasteiger partial charge is 0.496 e. The lowest BCUT2D eigenvalue weighted by molar-refractivity contribution is -0.383. The summed E-state index contributed by atoms with van der Waals surface area (Å²) in [6.45, 7) is 0. The number of hydrogen-bond donors (Lipinski definition) is 1. The van der Waals surface area contributed by atoms with Gasteiger partial charge >= 0.3 is 6.01 Å². The van der Waals surface area contributed by atoms with Crippen molar-refractivity contribution < 1.29 is 14.1 Å². The number of nitrogens with zero attached hydrogens (tertiary/aromatic N) is 3. The van der Waals surface area contributed by atoms with Crippen molar-refractivity contribution in [2.45, 2.75) is 0 Å². The number of benzene rings is 2. The third-order valence-electron chi connectivity index (χ3n) is 3.39. The number of nitro benzene ring substituents is 1. The van der Waals surface area contributed by atoms with Crippen LogP contribution < -0.4 is 10.1 Å². The molecule has 9 heteroatoms. The lowest BCUT2D eigenvalue weighted by atomic mass is 10.3. The third kappa shape index (κ3) is 2.40. The Hall–Kier alpha value is -3.20. The zero-order valence-electron chi connectivity index (χ0n) is 12.3. The molecule has 0 radical (unpaired) electrons. The minimum Gasteiger partial charge on any atom is -0.496 e. The molecule has 2 aromatic carbocycles. The van der Waals surface area contributed by atoms with E-state index in [1.54, 1.807) is 6.07 Å². The van der Waals surface area contributed by atoms with Gasteiger partial charge in [-0.15, -0.1) is 0 Å². The molecule has 4 rings (SSSR count). The molecule has 4 aromatic rings. The summed E-state index contributed by atoms with van der Waals surface area (Å²) in [5, 5.41) is 14.6. The maximum absolute atomic E-state index is 11.2. The van der Waals surface area contributed by atoms with Crippen molar-refractivity contribution in [1.29, 1.82) is 0 Å². The van der Waals surface area contributed by atoms with Crippen LogP contribution >= 0.6 is 11.3 Å². The van der Waals surface area contributed by atoms with E-state index in [0.29, 0.717) is 32.2 Å². The molecule has 120 valence electrons. The second kappa shape index (κ2) is 5.46.